The smallest absolute Gasteiger partial charge is 0.217 e. The van der Waals surface area contributed by atoms with Crippen LogP contribution in [0.4, 0.5) is 0 Å². The van der Waals surface area contributed by atoms with E-state index in [2.05, 4.69) is 5.32 Å². The number of hydrogen-bond acceptors (Lipinski definition) is 31. The maximum atomic E-state index is 12.8. The number of unbranched alkanes of at least 4 members (excludes halogenated alkanes) is 2. The minimum Gasteiger partial charge on any atom is -0.394 e. The minimum atomic E-state index is -2.21. The molecule has 6 rings (SSSR count). The topological polar surface area (TPSA) is 510 Å². The van der Waals surface area contributed by atoms with E-state index < -0.39 is 223 Å². The van der Waals surface area contributed by atoms with Crippen molar-refractivity contribution in [1.29, 1.82) is 0 Å². The van der Waals surface area contributed by atoms with Crippen LogP contribution in [0, 0.1) is 0 Å². The molecular weight excluding hydrogens is 1020 g/mol. The van der Waals surface area contributed by atoms with E-state index >= 15 is 0 Å². The van der Waals surface area contributed by atoms with E-state index in [-0.39, 0.29) is 6.61 Å². The Kier molecular flexibility index (Phi) is 23.4. The van der Waals surface area contributed by atoms with Crippen LogP contribution in [-0.4, -0.2) is 323 Å². The van der Waals surface area contributed by atoms with Crippen molar-refractivity contribution in [2.75, 3.05) is 46.2 Å². The molecule has 438 valence electrons. The molecule has 32 heteroatoms. The van der Waals surface area contributed by atoms with Gasteiger partial charge in [-0.15, -0.1) is 0 Å². The standard InChI is InChI=1S/C43H76N2O30/c1-13-21(52)25(56)29(60)40(65-13)75-37-26(57)22(53)15(8-46)68-43(37)73-35-20(45-14(2)51)38(66-16(9-47)23(35)54)74-36-24(55)17(10-48)67-42(32(36)63)72-34-19(12-50)70-41(31(62)28(34)59)71-33-18(11-49)69-39(30(61)27(33)58)64-7-5-3-4-6-44/h13,15-43,46-50,52-63H,3-12,44H2,1-2H3,(H,45,51). The Balaban J connectivity index is 1.20. The summed E-state index contributed by atoms with van der Waals surface area (Å²) in [4.78, 5) is 12.8. The SMILES string of the molecule is CC(=O)NC1C(OC2C(O)C(CO)OC(OC3C(CO)OC(OC4C(CO)OC(OCCCCCN)C(O)C4O)C(O)C3O)C2O)OC(CO)C(O)C1OC1OC(CO)C(O)C(O)C1OC1OC(C)C(O)C(O)C1O. The van der Waals surface area contributed by atoms with Gasteiger partial charge in [-0.2, -0.15) is 0 Å². The molecule has 20 N–H and O–H groups in total. The van der Waals surface area contributed by atoms with Gasteiger partial charge in [0.15, 0.2) is 37.7 Å². The molecule has 75 heavy (non-hydrogen) atoms. The summed E-state index contributed by atoms with van der Waals surface area (Å²) in [6.45, 7) is -1.86. The third-order valence-electron chi connectivity index (χ3n) is 13.9. The third-order valence-corrected chi connectivity index (χ3v) is 13.9. The highest BCUT2D eigenvalue weighted by molar-refractivity contribution is 5.73. The van der Waals surface area contributed by atoms with Crippen molar-refractivity contribution in [3.63, 3.8) is 0 Å². The Morgan fingerprint density at radius 1 is 0.413 bits per heavy atom. The maximum Gasteiger partial charge on any atom is 0.217 e. The summed E-state index contributed by atoms with van der Waals surface area (Å²) in [5.41, 5.74) is 5.51. The van der Waals surface area contributed by atoms with Crippen LogP contribution in [0.25, 0.3) is 0 Å². The van der Waals surface area contributed by atoms with E-state index in [1.54, 1.807) is 0 Å². The van der Waals surface area contributed by atoms with Crippen LogP contribution >= 0.6 is 0 Å². The summed E-state index contributed by atoms with van der Waals surface area (Å²) in [6.07, 6.45) is -51.2. The molecule has 6 saturated heterocycles. The van der Waals surface area contributed by atoms with Gasteiger partial charge in [-0.05, 0) is 32.7 Å². The molecule has 30 unspecified atom stereocenters. The fourth-order valence-electron chi connectivity index (χ4n) is 9.59. The normalized spacial score (nSPS) is 48.9. The molecule has 0 aromatic heterocycles. The molecule has 6 aliphatic rings. The van der Waals surface area contributed by atoms with Crippen molar-refractivity contribution in [1.82, 2.24) is 5.32 Å². The summed E-state index contributed by atoms with van der Waals surface area (Å²) < 4.78 is 69.1. The first-order valence-corrected chi connectivity index (χ1v) is 24.7. The fraction of sp³-hybridized carbons (Fsp3) is 0.977. The number of carbonyl (C=O) groups excluding carboxylic acids is 1. The monoisotopic (exact) mass is 1100 g/mol. The molecular formula is C43H76N2O30. The molecule has 6 fully saturated rings. The molecule has 32 nitrogen and oxygen atoms in total. The van der Waals surface area contributed by atoms with E-state index in [0.717, 1.165) is 13.3 Å². The molecule has 6 heterocycles. The molecule has 0 bridgehead atoms. The lowest BCUT2D eigenvalue weighted by Gasteiger charge is -2.51. The Bertz CT molecular complexity index is 1720. The molecule has 0 aliphatic carbocycles. The molecule has 1 amide bonds. The van der Waals surface area contributed by atoms with E-state index in [1.807, 2.05) is 0 Å². The van der Waals surface area contributed by atoms with Gasteiger partial charge in [-0.25, -0.2) is 0 Å². The zero-order chi connectivity index (χ0) is 55.2. The summed E-state index contributed by atoms with van der Waals surface area (Å²) >= 11 is 0. The van der Waals surface area contributed by atoms with Gasteiger partial charge >= 0.3 is 0 Å². The lowest BCUT2D eigenvalue weighted by atomic mass is 9.94. The number of hydrogen-bond donors (Lipinski definition) is 19. The number of aliphatic hydroxyl groups excluding tert-OH is 17. The number of nitrogens with one attached hydrogen (secondary N) is 1. The number of rotatable bonds is 22. The highest BCUT2D eigenvalue weighted by atomic mass is 16.8. The molecule has 0 radical (unpaired) electrons. The van der Waals surface area contributed by atoms with E-state index in [1.165, 1.54) is 6.92 Å². The van der Waals surface area contributed by atoms with Crippen molar-refractivity contribution < 1.29 is 148 Å². The second-order valence-electron chi connectivity index (χ2n) is 19.2. The van der Waals surface area contributed by atoms with Gasteiger partial charge in [0.05, 0.1) is 39.1 Å². The highest BCUT2D eigenvalue weighted by Gasteiger charge is 2.58. The summed E-state index contributed by atoms with van der Waals surface area (Å²) in [7, 11) is 0. The lowest BCUT2D eigenvalue weighted by molar-refractivity contribution is -0.393. The van der Waals surface area contributed by atoms with Crippen molar-refractivity contribution in [2.45, 2.75) is 217 Å². The van der Waals surface area contributed by atoms with Crippen molar-refractivity contribution >= 4 is 5.91 Å². The first kappa shape index (κ1) is 62.5. The Morgan fingerprint density at radius 2 is 0.827 bits per heavy atom. The lowest BCUT2D eigenvalue weighted by Crippen LogP contribution is -2.70. The molecule has 30 atom stereocenters. The second kappa shape index (κ2) is 28.1. The first-order valence-electron chi connectivity index (χ1n) is 24.7. The fourth-order valence-corrected chi connectivity index (χ4v) is 9.59. The van der Waals surface area contributed by atoms with E-state index in [0.29, 0.717) is 19.4 Å². The summed E-state index contributed by atoms with van der Waals surface area (Å²) in [5, 5.41) is 186. The average Bonchev–Trinajstić information content (AvgIpc) is 3.39. The number of nitrogens with two attached hydrogens (primary N) is 1. The molecule has 0 aromatic rings. The van der Waals surface area contributed by atoms with Crippen LogP contribution in [0.1, 0.15) is 33.1 Å². The summed E-state index contributed by atoms with van der Waals surface area (Å²) in [6, 6.07) is -1.78. The minimum absolute atomic E-state index is 0.111. The largest absolute Gasteiger partial charge is 0.394 e. The van der Waals surface area contributed by atoms with Gasteiger partial charge in [0.25, 0.3) is 0 Å². The predicted octanol–water partition coefficient (Wildman–Crippen LogP) is -11.8. The van der Waals surface area contributed by atoms with Gasteiger partial charge in [0.1, 0.15) is 140 Å². The highest BCUT2D eigenvalue weighted by Crippen LogP contribution is 2.37. The van der Waals surface area contributed by atoms with Gasteiger partial charge < -0.3 is 155 Å². The Morgan fingerprint density at radius 3 is 1.39 bits per heavy atom. The predicted molar refractivity (Wildman–Crippen MR) is 236 cm³/mol. The van der Waals surface area contributed by atoms with Gasteiger partial charge in [0.2, 0.25) is 5.91 Å². The molecule has 0 spiro atoms. The molecule has 0 saturated carbocycles. The van der Waals surface area contributed by atoms with Crippen LogP contribution in [-0.2, 0) is 61.6 Å². The van der Waals surface area contributed by atoms with Crippen LogP contribution in [0.5, 0.6) is 0 Å². The van der Waals surface area contributed by atoms with E-state index in [9.17, 15) is 91.6 Å². The Hall–Kier alpha value is -1.73. The first-order chi connectivity index (χ1) is 35.7. The molecule has 0 aromatic carbocycles. The zero-order valence-electron chi connectivity index (χ0n) is 40.9. The van der Waals surface area contributed by atoms with Crippen LogP contribution in [0.2, 0.25) is 0 Å². The second-order valence-corrected chi connectivity index (χ2v) is 19.2. The van der Waals surface area contributed by atoms with Crippen molar-refractivity contribution in [3.05, 3.63) is 0 Å². The van der Waals surface area contributed by atoms with Crippen molar-refractivity contribution in [2.24, 2.45) is 5.73 Å². The van der Waals surface area contributed by atoms with Gasteiger partial charge in [-0.1, -0.05) is 0 Å². The number of aliphatic hydroxyl groups is 17. The summed E-state index contributed by atoms with van der Waals surface area (Å²) in [5.74, 6) is -0.858. The number of amides is 1. The van der Waals surface area contributed by atoms with Gasteiger partial charge in [0, 0.05) is 13.5 Å². The van der Waals surface area contributed by atoms with Crippen LogP contribution in [0.15, 0.2) is 0 Å². The van der Waals surface area contributed by atoms with Crippen molar-refractivity contribution in [3.8, 4) is 0 Å². The van der Waals surface area contributed by atoms with Crippen LogP contribution in [0.3, 0.4) is 0 Å². The van der Waals surface area contributed by atoms with E-state index in [4.69, 9.17) is 62.6 Å². The van der Waals surface area contributed by atoms with Crippen LogP contribution < -0.4 is 11.1 Å². The van der Waals surface area contributed by atoms with Gasteiger partial charge in [-0.3, -0.25) is 4.79 Å². The number of carbonyl (C=O) groups is 1. The third kappa shape index (κ3) is 14.1. The maximum absolute atomic E-state index is 12.8. The average molecular weight is 1100 g/mol. The quantitative estimate of drug-likeness (QED) is 0.0448. The zero-order valence-corrected chi connectivity index (χ0v) is 40.9. The Labute approximate surface area is 428 Å². The number of ether oxygens (including phenoxy) is 12. The molecule has 6 aliphatic heterocycles.